The topological polar surface area (TPSA) is 78.5 Å². The number of rotatable bonds is 2. The van der Waals surface area contributed by atoms with Gasteiger partial charge in [-0.2, -0.15) is 0 Å². The molecule has 4 amide bonds. The Balaban J connectivity index is 1.83. The maximum absolute atomic E-state index is 12.3. The van der Waals surface area contributed by atoms with Crippen LogP contribution in [0.3, 0.4) is 0 Å². The van der Waals surface area contributed by atoms with E-state index in [0.717, 1.165) is 11.1 Å². The summed E-state index contributed by atoms with van der Waals surface area (Å²) >= 11 is 0. The van der Waals surface area contributed by atoms with Crippen LogP contribution in [0, 0.1) is 6.92 Å². The van der Waals surface area contributed by atoms with Gasteiger partial charge in [0.25, 0.3) is 11.8 Å². The summed E-state index contributed by atoms with van der Waals surface area (Å²) < 4.78 is 0. The molecular formula is C14H15N3O3. The molecule has 0 aromatic heterocycles. The van der Waals surface area contributed by atoms with E-state index in [1.165, 1.54) is 0 Å². The molecule has 0 aliphatic carbocycles. The average Bonchev–Trinajstić information content (AvgIpc) is 2.77. The van der Waals surface area contributed by atoms with Gasteiger partial charge < -0.3 is 10.2 Å². The Morgan fingerprint density at radius 1 is 1.30 bits per heavy atom. The number of carbonyl (C=O) groups is 3. The fraction of sp³-hybridized carbons (Fsp3) is 0.357. The Labute approximate surface area is 116 Å². The third-order valence-electron chi connectivity index (χ3n) is 3.76. The van der Waals surface area contributed by atoms with Crippen molar-refractivity contribution >= 4 is 17.8 Å². The zero-order valence-corrected chi connectivity index (χ0v) is 11.3. The van der Waals surface area contributed by atoms with Gasteiger partial charge in [-0.1, -0.05) is 17.7 Å². The van der Waals surface area contributed by atoms with Crippen molar-refractivity contribution < 1.29 is 14.4 Å². The molecule has 6 nitrogen and oxygen atoms in total. The third-order valence-corrected chi connectivity index (χ3v) is 3.76. The van der Waals surface area contributed by atoms with Crippen LogP contribution in [0.4, 0.5) is 4.79 Å². The summed E-state index contributed by atoms with van der Waals surface area (Å²) in [4.78, 5) is 36.9. The van der Waals surface area contributed by atoms with Crippen LogP contribution in [0.15, 0.2) is 18.2 Å². The number of hydrogen-bond donors (Lipinski definition) is 2. The molecule has 1 fully saturated rings. The van der Waals surface area contributed by atoms with Crippen LogP contribution >= 0.6 is 0 Å². The number of nitrogens with zero attached hydrogens (tertiary/aromatic N) is 1. The molecule has 1 aromatic rings. The Morgan fingerprint density at radius 2 is 2.05 bits per heavy atom. The van der Waals surface area contributed by atoms with E-state index in [0.29, 0.717) is 12.1 Å². The van der Waals surface area contributed by atoms with Gasteiger partial charge in [-0.15, -0.1) is 0 Å². The normalized spacial score (nSPS) is 24.7. The second-order valence-corrected chi connectivity index (χ2v) is 5.56. The average molecular weight is 273 g/mol. The largest absolute Gasteiger partial charge is 0.331 e. The minimum atomic E-state index is -1.07. The highest BCUT2D eigenvalue weighted by molar-refractivity contribution is 6.07. The van der Waals surface area contributed by atoms with Gasteiger partial charge in [-0.3, -0.25) is 14.9 Å². The van der Waals surface area contributed by atoms with Crippen LogP contribution in [0.2, 0.25) is 0 Å². The lowest BCUT2D eigenvalue weighted by atomic mass is 10.0. The molecule has 2 heterocycles. The number of nitrogens with one attached hydrogen (secondary N) is 2. The van der Waals surface area contributed by atoms with E-state index < -0.39 is 17.5 Å². The first-order valence-corrected chi connectivity index (χ1v) is 6.41. The van der Waals surface area contributed by atoms with Gasteiger partial charge in [0.05, 0.1) is 6.54 Å². The summed E-state index contributed by atoms with van der Waals surface area (Å²) in [6.07, 6.45) is 0. The Hall–Kier alpha value is -2.37. The summed E-state index contributed by atoms with van der Waals surface area (Å²) in [5.41, 5.74) is 1.66. The second-order valence-electron chi connectivity index (χ2n) is 5.56. The van der Waals surface area contributed by atoms with E-state index in [4.69, 9.17) is 0 Å². The number of carbonyl (C=O) groups excluding carboxylic acids is 3. The molecule has 2 aliphatic heterocycles. The Kier molecular flexibility index (Phi) is 2.57. The van der Waals surface area contributed by atoms with E-state index in [-0.39, 0.29) is 12.5 Å². The van der Waals surface area contributed by atoms with Gasteiger partial charge in [0.15, 0.2) is 0 Å². The summed E-state index contributed by atoms with van der Waals surface area (Å²) in [5.74, 6) is -0.502. The van der Waals surface area contributed by atoms with Gasteiger partial charge in [0, 0.05) is 12.1 Å². The number of aryl methyl sites for hydroxylation is 1. The molecule has 104 valence electrons. The van der Waals surface area contributed by atoms with Crippen molar-refractivity contribution in [2.45, 2.75) is 25.9 Å². The zero-order chi connectivity index (χ0) is 14.5. The number of hydrogen-bond acceptors (Lipinski definition) is 3. The molecule has 0 bridgehead atoms. The molecule has 0 saturated carbocycles. The van der Waals surface area contributed by atoms with Crippen LogP contribution < -0.4 is 10.6 Å². The quantitative estimate of drug-likeness (QED) is 0.772. The summed E-state index contributed by atoms with van der Waals surface area (Å²) in [5, 5.41) is 4.77. The highest BCUT2D eigenvalue weighted by Crippen LogP contribution is 2.26. The van der Waals surface area contributed by atoms with Crippen molar-refractivity contribution in [1.82, 2.24) is 15.5 Å². The van der Waals surface area contributed by atoms with E-state index in [1.807, 2.05) is 25.1 Å². The number of fused-ring (bicyclic) bond motifs is 1. The lowest BCUT2D eigenvalue weighted by molar-refractivity contribution is -0.123. The number of urea groups is 1. The maximum atomic E-state index is 12.3. The molecule has 1 atom stereocenters. The molecular weight excluding hydrogens is 258 g/mol. The molecule has 3 rings (SSSR count). The van der Waals surface area contributed by atoms with Crippen LogP contribution in [-0.2, 0) is 11.3 Å². The summed E-state index contributed by atoms with van der Waals surface area (Å²) in [7, 11) is 0. The number of benzene rings is 1. The van der Waals surface area contributed by atoms with Crippen LogP contribution in [0.5, 0.6) is 0 Å². The standard InChI is InChI=1S/C14H15N3O3/c1-8-3-4-10-9(5-8)6-17(11(10)18)7-14(2)12(19)15-13(20)16-14/h3-5H,6-7H2,1-2H3,(H2,15,16,19,20). The van der Waals surface area contributed by atoms with Gasteiger partial charge in [0.2, 0.25) is 0 Å². The predicted octanol–water partition coefficient (Wildman–Crippen LogP) is 0.549. The molecule has 6 heteroatoms. The first-order chi connectivity index (χ1) is 9.39. The zero-order valence-electron chi connectivity index (χ0n) is 11.3. The minimum Gasteiger partial charge on any atom is -0.331 e. The smallest absolute Gasteiger partial charge is 0.322 e. The highest BCUT2D eigenvalue weighted by Gasteiger charge is 2.45. The van der Waals surface area contributed by atoms with Crippen molar-refractivity contribution in [2.24, 2.45) is 0 Å². The minimum absolute atomic E-state index is 0.102. The second kappa shape index (κ2) is 4.06. The van der Waals surface area contributed by atoms with Crippen molar-refractivity contribution in [3.63, 3.8) is 0 Å². The molecule has 1 aromatic carbocycles. The SMILES string of the molecule is Cc1ccc2c(c1)CN(CC1(C)NC(=O)NC1=O)C2=O. The molecule has 2 aliphatic rings. The molecule has 1 saturated heterocycles. The number of imide groups is 1. The molecule has 1 unspecified atom stereocenters. The Bertz CT molecular complexity index is 641. The summed E-state index contributed by atoms with van der Waals surface area (Å²) in [6.45, 7) is 4.22. The Morgan fingerprint density at radius 3 is 2.70 bits per heavy atom. The number of amides is 4. The predicted molar refractivity (Wildman–Crippen MR) is 71.0 cm³/mol. The first-order valence-electron chi connectivity index (χ1n) is 6.41. The lowest BCUT2D eigenvalue weighted by Crippen LogP contribution is -2.52. The maximum Gasteiger partial charge on any atom is 0.322 e. The molecule has 2 N–H and O–H groups in total. The fourth-order valence-electron chi connectivity index (χ4n) is 2.71. The van der Waals surface area contributed by atoms with E-state index in [9.17, 15) is 14.4 Å². The van der Waals surface area contributed by atoms with E-state index in [1.54, 1.807) is 11.8 Å². The van der Waals surface area contributed by atoms with E-state index >= 15 is 0 Å². The molecule has 0 radical (unpaired) electrons. The van der Waals surface area contributed by atoms with Gasteiger partial charge >= 0.3 is 6.03 Å². The van der Waals surface area contributed by atoms with Crippen molar-refractivity contribution in [3.8, 4) is 0 Å². The fourth-order valence-corrected chi connectivity index (χ4v) is 2.71. The van der Waals surface area contributed by atoms with Crippen molar-refractivity contribution in [1.29, 1.82) is 0 Å². The summed E-state index contributed by atoms with van der Waals surface area (Å²) in [6, 6.07) is 5.16. The molecule has 20 heavy (non-hydrogen) atoms. The van der Waals surface area contributed by atoms with Crippen molar-refractivity contribution in [3.05, 3.63) is 34.9 Å². The van der Waals surface area contributed by atoms with Gasteiger partial charge in [-0.05, 0) is 25.5 Å². The third kappa shape index (κ3) is 1.84. The van der Waals surface area contributed by atoms with Gasteiger partial charge in [0.1, 0.15) is 5.54 Å². The van der Waals surface area contributed by atoms with Crippen molar-refractivity contribution in [2.75, 3.05) is 6.54 Å². The molecule has 0 spiro atoms. The van der Waals surface area contributed by atoms with E-state index in [2.05, 4.69) is 10.6 Å². The lowest BCUT2D eigenvalue weighted by Gasteiger charge is -2.26. The van der Waals surface area contributed by atoms with Crippen LogP contribution in [0.1, 0.15) is 28.4 Å². The highest BCUT2D eigenvalue weighted by atomic mass is 16.2. The van der Waals surface area contributed by atoms with Crippen LogP contribution in [-0.4, -0.2) is 34.8 Å². The monoisotopic (exact) mass is 273 g/mol. The van der Waals surface area contributed by atoms with Crippen LogP contribution in [0.25, 0.3) is 0 Å². The van der Waals surface area contributed by atoms with Gasteiger partial charge in [-0.25, -0.2) is 4.79 Å². The first kappa shape index (κ1) is 12.7.